The van der Waals surface area contributed by atoms with E-state index in [1.165, 1.54) is 44.9 Å². The van der Waals surface area contributed by atoms with E-state index in [-0.39, 0.29) is 10.8 Å². The third kappa shape index (κ3) is 2.48. The molecule has 1 heteroatoms. The van der Waals surface area contributed by atoms with E-state index < -0.39 is 0 Å². The van der Waals surface area contributed by atoms with Gasteiger partial charge in [0.15, 0.2) is 5.78 Å². The molecular weight excluding hydrogens is 352 g/mol. The summed E-state index contributed by atoms with van der Waals surface area (Å²) in [7, 11) is 0. The lowest BCUT2D eigenvalue weighted by atomic mass is 9.49. The Labute approximate surface area is 178 Å². The standard InChI is InChI=1S/C28H42O/c1-17(2)18(3)7-8-19(4)22-9-10-23-21-15-25(29)28-16-20(28)11-14-27(28,6)24(21)12-13-26(22,23)5/h7-8,15,17-20,22-24H,9-14,16H2,1-6H3/b8-7+/t18-,19?,20+,22-,23+,24-,26?,27?,28+/m1/s1. The molecule has 4 saturated carbocycles. The van der Waals surface area contributed by atoms with Crippen LogP contribution in [0.25, 0.3) is 0 Å². The molecule has 0 saturated heterocycles. The van der Waals surface area contributed by atoms with Gasteiger partial charge in [-0.15, -0.1) is 0 Å². The van der Waals surface area contributed by atoms with Crippen LogP contribution in [-0.2, 0) is 4.79 Å². The molecule has 0 amide bonds. The highest BCUT2D eigenvalue weighted by Gasteiger charge is 2.76. The number of carbonyl (C=O) groups is 1. The average Bonchev–Trinajstić information content (AvgIpc) is 3.20. The number of ketones is 1. The number of hydrogen-bond donors (Lipinski definition) is 0. The monoisotopic (exact) mass is 394 g/mol. The highest BCUT2D eigenvalue weighted by atomic mass is 16.1. The van der Waals surface area contributed by atoms with E-state index in [0.717, 1.165) is 11.8 Å². The summed E-state index contributed by atoms with van der Waals surface area (Å²) in [5.74, 6) is 5.37. The Bertz CT molecular complexity index is 773. The molecule has 0 aromatic heterocycles. The number of allylic oxidation sites excluding steroid dienone is 4. The van der Waals surface area contributed by atoms with Crippen LogP contribution in [0.15, 0.2) is 23.8 Å². The SMILES string of the molecule is CC(C)[C@H](C)/C=C/C(C)[C@H]1CC[C@H]2C3=CC(=O)[C@]45C[C@@H]4CCC5(C)[C@@H]3CCC12C. The van der Waals surface area contributed by atoms with E-state index in [4.69, 9.17) is 0 Å². The first kappa shape index (κ1) is 20.1. The van der Waals surface area contributed by atoms with Gasteiger partial charge in [0.2, 0.25) is 0 Å². The Kier molecular flexibility index (Phi) is 4.38. The highest BCUT2D eigenvalue weighted by molar-refractivity contribution is 6.00. The smallest absolute Gasteiger partial charge is 0.162 e. The maximum absolute atomic E-state index is 13.4. The summed E-state index contributed by atoms with van der Waals surface area (Å²) in [6.07, 6.45) is 16.3. The second-order valence-corrected chi connectivity index (χ2v) is 12.5. The normalized spacial score (nSPS) is 50.0. The molecule has 5 rings (SSSR count). The van der Waals surface area contributed by atoms with Gasteiger partial charge in [-0.2, -0.15) is 0 Å². The van der Waals surface area contributed by atoms with Gasteiger partial charge in [0.1, 0.15) is 0 Å². The van der Waals surface area contributed by atoms with Crippen LogP contribution in [-0.4, -0.2) is 5.78 Å². The third-order valence-electron chi connectivity index (χ3n) is 11.2. The number of hydrogen-bond acceptors (Lipinski definition) is 1. The molecule has 3 unspecified atom stereocenters. The summed E-state index contributed by atoms with van der Waals surface area (Å²) in [6, 6.07) is 0. The number of carbonyl (C=O) groups excluding carboxylic acids is 1. The van der Waals surface area contributed by atoms with Gasteiger partial charge in [0, 0.05) is 5.41 Å². The van der Waals surface area contributed by atoms with Crippen LogP contribution in [0.2, 0.25) is 0 Å². The van der Waals surface area contributed by atoms with Crippen molar-refractivity contribution in [3.8, 4) is 0 Å². The fraction of sp³-hybridized carbons (Fsp3) is 0.821. The number of fused-ring (bicyclic) bond motifs is 4. The first-order valence-corrected chi connectivity index (χ1v) is 12.6. The van der Waals surface area contributed by atoms with Crippen molar-refractivity contribution in [1.29, 1.82) is 0 Å². The summed E-state index contributed by atoms with van der Waals surface area (Å²) in [6.45, 7) is 14.5. The van der Waals surface area contributed by atoms with E-state index in [0.29, 0.717) is 40.8 Å². The molecule has 5 aliphatic carbocycles. The Hall–Kier alpha value is -0.850. The summed E-state index contributed by atoms with van der Waals surface area (Å²) < 4.78 is 0. The minimum Gasteiger partial charge on any atom is -0.294 e. The van der Waals surface area contributed by atoms with Crippen LogP contribution in [0.1, 0.15) is 86.5 Å². The van der Waals surface area contributed by atoms with Crippen molar-refractivity contribution < 1.29 is 4.79 Å². The van der Waals surface area contributed by atoms with Crippen LogP contribution in [0.5, 0.6) is 0 Å². The van der Waals surface area contributed by atoms with Crippen molar-refractivity contribution in [2.75, 3.05) is 0 Å². The van der Waals surface area contributed by atoms with Crippen LogP contribution in [0.4, 0.5) is 0 Å². The molecule has 0 bridgehead atoms. The van der Waals surface area contributed by atoms with Crippen molar-refractivity contribution in [3.63, 3.8) is 0 Å². The van der Waals surface area contributed by atoms with E-state index in [1.807, 2.05) is 0 Å². The van der Waals surface area contributed by atoms with Gasteiger partial charge in [0.05, 0.1) is 0 Å². The van der Waals surface area contributed by atoms with Crippen molar-refractivity contribution in [3.05, 3.63) is 23.8 Å². The van der Waals surface area contributed by atoms with Gasteiger partial charge in [-0.1, -0.05) is 59.3 Å². The maximum atomic E-state index is 13.4. The molecule has 1 spiro atoms. The zero-order valence-electron chi connectivity index (χ0n) is 19.6. The fourth-order valence-corrected chi connectivity index (χ4v) is 8.92. The third-order valence-corrected chi connectivity index (χ3v) is 11.2. The minimum atomic E-state index is 0.0654. The highest BCUT2D eigenvalue weighted by Crippen LogP contribution is 2.79. The summed E-state index contributed by atoms with van der Waals surface area (Å²) in [5, 5.41) is 0. The summed E-state index contributed by atoms with van der Waals surface area (Å²) in [5.41, 5.74) is 2.32. The van der Waals surface area contributed by atoms with Crippen LogP contribution >= 0.6 is 0 Å². The lowest BCUT2D eigenvalue weighted by Crippen LogP contribution is -2.50. The zero-order chi connectivity index (χ0) is 20.8. The molecule has 1 nitrogen and oxygen atoms in total. The lowest BCUT2D eigenvalue weighted by molar-refractivity contribution is -0.127. The topological polar surface area (TPSA) is 17.1 Å². The summed E-state index contributed by atoms with van der Waals surface area (Å²) in [4.78, 5) is 13.4. The Morgan fingerprint density at radius 1 is 0.966 bits per heavy atom. The van der Waals surface area contributed by atoms with E-state index in [2.05, 4.69) is 59.8 Å². The van der Waals surface area contributed by atoms with Crippen molar-refractivity contribution in [2.24, 2.45) is 57.7 Å². The van der Waals surface area contributed by atoms with Gasteiger partial charge in [0.25, 0.3) is 0 Å². The average molecular weight is 395 g/mol. The van der Waals surface area contributed by atoms with Crippen molar-refractivity contribution >= 4 is 5.78 Å². The van der Waals surface area contributed by atoms with Gasteiger partial charge < -0.3 is 0 Å². The Morgan fingerprint density at radius 2 is 1.72 bits per heavy atom. The van der Waals surface area contributed by atoms with E-state index in [1.54, 1.807) is 5.57 Å². The quantitative estimate of drug-likeness (QED) is 0.460. The van der Waals surface area contributed by atoms with Crippen molar-refractivity contribution in [2.45, 2.75) is 86.5 Å². The Morgan fingerprint density at radius 3 is 2.41 bits per heavy atom. The predicted molar refractivity (Wildman–Crippen MR) is 120 cm³/mol. The summed E-state index contributed by atoms with van der Waals surface area (Å²) >= 11 is 0. The second-order valence-electron chi connectivity index (χ2n) is 12.5. The maximum Gasteiger partial charge on any atom is 0.162 e. The molecule has 9 atom stereocenters. The van der Waals surface area contributed by atoms with Crippen LogP contribution in [0.3, 0.4) is 0 Å². The largest absolute Gasteiger partial charge is 0.294 e. The fourth-order valence-electron chi connectivity index (χ4n) is 8.92. The minimum absolute atomic E-state index is 0.0654. The van der Waals surface area contributed by atoms with Gasteiger partial charge >= 0.3 is 0 Å². The van der Waals surface area contributed by atoms with E-state index in [9.17, 15) is 4.79 Å². The zero-order valence-corrected chi connectivity index (χ0v) is 19.6. The molecule has 29 heavy (non-hydrogen) atoms. The molecule has 0 aromatic carbocycles. The van der Waals surface area contributed by atoms with Gasteiger partial charge in [-0.25, -0.2) is 0 Å². The van der Waals surface area contributed by atoms with Gasteiger partial charge in [-0.05, 0) is 103 Å². The van der Waals surface area contributed by atoms with Crippen LogP contribution in [0, 0.1) is 57.7 Å². The molecule has 0 aliphatic heterocycles. The lowest BCUT2D eigenvalue weighted by Gasteiger charge is -2.54. The molecule has 0 radical (unpaired) electrons. The first-order valence-electron chi connectivity index (χ1n) is 12.6. The molecular formula is C28H42O. The molecule has 4 fully saturated rings. The molecule has 0 heterocycles. The predicted octanol–water partition coefficient (Wildman–Crippen LogP) is 7.23. The number of rotatable bonds is 4. The Balaban J connectivity index is 1.42. The van der Waals surface area contributed by atoms with Crippen LogP contribution < -0.4 is 0 Å². The molecule has 160 valence electrons. The molecule has 0 N–H and O–H groups in total. The van der Waals surface area contributed by atoms with E-state index >= 15 is 0 Å². The molecule has 5 aliphatic rings. The second kappa shape index (κ2) is 6.33. The molecule has 0 aromatic rings. The first-order chi connectivity index (χ1) is 13.6. The van der Waals surface area contributed by atoms with Crippen molar-refractivity contribution in [1.82, 2.24) is 0 Å². The van der Waals surface area contributed by atoms with Gasteiger partial charge in [-0.3, -0.25) is 4.79 Å².